The molecule has 1 aromatic heterocycles. The molecule has 2 N–H and O–H groups in total. The molecule has 1 amide bonds. The van der Waals surface area contributed by atoms with E-state index in [-0.39, 0.29) is 18.1 Å². The standard InChI is InChI=1S/C18H25N3O6/c1-21(10-14(25-3)26-4)9-13(22)20-16-15-11(7-6-8-12(15)24-2)19-17(16)18(23)27-5/h6-8,14,19H,9-10H2,1-5H3,(H,20,22). The number of carbonyl (C=O) groups is 2. The third-order valence-electron chi connectivity index (χ3n) is 4.06. The van der Waals surface area contributed by atoms with E-state index < -0.39 is 12.3 Å². The number of fused-ring (bicyclic) bond motifs is 1. The van der Waals surface area contributed by atoms with Gasteiger partial charge in [0.25, 0.3) is 0 Å². The molecule has 2 aromatic rings. The quantitative estimate of drug-likeness (QED) is 0.502. The van der Waals surface area contributed by atoms with E-state index in [0.29, 0.717) is 28.9 Å². The maximum Gasteiger partial charge on any atom is 0.356 e. The lowest BCUT2D eigenvalue weighted by molar-refractivity contribution is -0.124. The van der Waals surface area contributed by atoms with Crippen LogP contribution in [0.4, 0.5) is 5.69 Å². The molecule has 0 bridgehead atoms. The summed E-state index contributed by atoms with van der Waals surface area (Å²) in [5.74, 6) is -0.363. The van der Waals surface area contributed by atoms with Gasteiger partial charge in [-0.1, -0.05) is 6.07 Å². The molecule has 0 atom stereocenters. The van der Waals surface area contributed by atoms with E-state index in [1.165, 1.54) is 28.4 Å². The number of anilines is 1. The Morgan fingerprint density at radius 2 is 1.89 bits per heavy atom. The number of nitrogens with one attached hydrogen (secondary N) is 2. The molecule has 0 aliphatic rings. The molecule has 1 heterocycles. The van der Waals surface area contributed by atoms with Gasteiger partial charge >= 0.3 is 5.97 Å². The van der Waals surface area contributed by atoms with Crippen LogP contribution in [0.2, 0.25) is 0 Å². The van der Waals surface area contributed by atoms with Gasteiger partial charge < -0.3 is 29.2 Å². The van der Waals surface area contributed by atoms with Gasteiger partial charge in [0, 0.05) is 20.8 Å². The number of amides is 1. The highest BCUT2D eigenvalue weighted by atomic mass is 16.7. The van der Waals surface area contributed by atoms with Crippen molar-refractivity contribution in [3.05, 3.63) is 23.9 Å². The van der Waals surface area contributed by atoms with Crippen LogP contribution in [0.5, 0.6) is 5.75 Å². The Kier molecular flexibility index (Phi) is 7.17. The number of H-pyrrole nitrogens is 1. The number of rotatable bonds is 9. The molecular weight excluding hydrogens is 354 g/mol. The Morgan fingerprint density at radius 1 is 1.19 bits per heavy atom. The summed E-state index contributed by atoms with van der Waals surface area (Å²) in [5.41, 5.74) is 1.12. The number of benzene rings is 1. The van der Waals surface area contributed by atoms with Crippen LogP contribution in [0, 0.1) is 0 Å². The predicted molar refractivity (Wildman–Crippen MR) is 100 cm³/mol. The number of ether oxygens (including phenoxy) is 4. The molecule has 0 radical (unpaired) electrons. The van der Waals surface area contributed by atoms with Crippen molar-refractivity contribution in [1.82, 2.24) is 9.88 Å². The summed E-state index contributed by atoms with van der Waals surface area (Å²) in [7, 11) is 7.63. The zero-order chi connectivity index (χ0) is 20.0. The van der Waals surface area contributed by atoms with Gasteiger partial charge in [0.05, 0.1) is 37.4 Å². The fraction of sp³-hybridized carbons (Fsp3) is 0.444. The normalized spacial score (nSPS) is 11.2. The summed E-state index contributed by atoms with van der Waals surface area (Å²) < 4.78 is 20.5. The highest BCUT2D eigenvalue weighted by Gasteiger charge is 2.23. The van der Waals surface area contributed by atoms with E-state index in [0.717, 1.165) is 0 Å². The van der Waals surface area contributed by atoms with E-state index in [9.17, 15) is 9.59 Å². The van der Waals surface area contributed by atoms with Gasteiger partial charge in [-0.15, -0.1) is 0 Å². The van der Waals surface area contributed by atoms with Crippen LogP contribution >= 0.6 is 0 Å². The van der Waals surface area contributed by atoms with Crippen LogP contribution in [0.1, 0.15) is 10.5 Å². The average Bonchev–Trinajstić information content (AvgIpc) is 3.03. The molecule has 0 fully saturated rings. The van der Waals surface area contributed by atoms with Gasteiger partial charge in [-0.3, -0.25) is 9.69 Å². The monoisotopic (exact) mass is 379 g/mol. The second-order valence-electron chi connectivity index (χ2n) is 5.90. The van der Waals surface area contributed by atoms with Crippen molar-refractivity contribution in [3.8, 4) is 5.75 Å². The van der Waals surface area contributed by atoms with Crippen molar-refractivity contribution in [2.24, 2.45) is 0 Å². The number of likely N-dealkylation sites (N-methyl/N-ethyl adjacent to an activating group) is 1. The first-order chi connectivity index (χ1) is 12.9. The molecule has 2 rings (SSSR count). The summed E-state index contributed by atoms with van der Waals surface area (Å²) in [6, 6.07) is 5.32. The summed E-state index contributed by atoms with van der Waals surface area (Å²) in [6.45, 7) is 0.479. The average molecular weight is 379 g/mol. The Balaban J connectivity index is 2.28. The number of nitrogens with zero attached hydrogens (tertiary/aromatic N) is 1. The number of hydrogen-bond donors (Lipinski definition) is 2. The van der Waals surface area contributed by atoms with Gasteiger partial charge in [-0.2, -0.15) is 0 Å². The Hall–Kier alpha value is -2.62. The lowest BCUT2D eigenvalue weighted by Gasteiger charge is -2.21. The third-order valence-corrected chi connectivity index (χ3v) is 4.06. The number of esters is 1. The van der Waals surface area contributed by atoms with Crippen LogP contribution in [0.25, 0.3) is 10.9 Å². The summed E-state index contributed by atoms with van der Waals surface area (Å²) in [4.78, 5) is 29.4. The molecule has 0 aliphatic carbocycles. The van der Waals surface area contributed by atoms with Crippen molar-refractivity contribution in [3.63, 3.8) is 0 Å². The van der Waals surface area contributed by atoms with E-state index >= 15 is 0 Å². The van der Waals surface area contributed by atoms with Crippen molar-refractivity contribution in [1.29, 1.82) is 0 Å². The molecule has 0 unspecified atom stereocenters. The van der Waals surface area contributed by atoms with Crippen LogP contribution in [-0.4, -0.2) is 76.6 Å². The van der Waals surface area contributed by atoms with E-state index in [1.54, 1.807) is 30.1 Å². The minimum atomic E-state index is -0.587. The molecule has 9 heteroatoms. The molecule has 9 nitrogen and oxygen atoms in total. The number of carbonyl (C=O) groups excluding carboxylic acids is 2. The van der Waals surface area contributed by atoms with Gasteiger partial charge in [-0.05, 0) is 19.2 Å². The lowest BCUT2D eigenvalue weighted by atomic mass is 10.2. The maximum absolute atomic E-state index is 12.5. The van der Waals surface area contributed by atoms with E-state index in [1.807, 2.05) is 0 Å². The van der Waals surface area contributed by atoms with Crippen molar-refractivity contribution in [2.75, 3.05) is 53.9 Å². The first-order valence-electron chi connectivity index (χ1n) is 8.26. The molecule has 0 saturated heterocycles. The summed E-state index contributed by atoms with van der Waals surface area (Å²) in [5, 5.41) is 3.39. The van der Waals surface area contributed by atoms with E-state index in [2.05, 4.69) is 10.3 Å². The summed E-state index contributed by atoms with van der Waals surface area (Å²) in [6.07, 6.45) is -0.443. The van der Waals surface area contributed by atoms with Gasteiger partial charge in [-0.25, -0.2) is 4.79 Å². The van der Waals surface area contributed by atoms with Gasteiger partial charge in [0.1, 0.15) is 11.4 Å². The molecule has 1 aromatic carbocycles. The zero-order valence-electron chi connectivity index (χ0n) is 16.1. The SMILES string of the molecule is COC(=O)c1[nH]c2cccc(OC)c2c1NC(=O)CN(C)CC(OC)OC. The zero-order valence-corrected chi connectivity index (χ0v) is 16.1. The third kappa shape index (κ3) is 4.76. The van der Waals surface area contributed by atoms with Crippen molar-refractivity contribution in [2.45, 2.75) is 6.29 Å². The first-order valence-corrected chi connectivity index (χ1v) is 8.26. The van der Waals surface area contributed by atoms with Crippen LogP contribution in [-0.2, 0) is 19.0 Å². The number of aromatic amines is 1. The van der Waals surface area contributed by atoms with Gasteiger partial charge in [0.15, 0.2) is 6.29 Å². The van der Waals surface area contributed by atoms with Crippen LogP contribution in [0.15, 0.2) is 18.2 Å². The van der Waals surface area contributed by atoms with Crippen LogP contribution < -0.4 is 10.1 Å². The predicted octanol–water partition coefficient (Wildman–Crippen LogP) is 1.45. The Bertz CT molecular complexity index is 800. The molecule has 0 saturated carbocycles. The summed E-state index contributed by atoms with van der Waals surface area (Å²) >= 11 is 0. The van der Waals surface area contributed by atoms with E-state index in [4.69, 9.17) is 18.9 Å². The van der Waals surface area contributed by atoms with Crippen molar-refractivity contribution >= 4 is 28.5 Å². The largest absolute Gasteiger partial charge is 0.496 e. The maximum atomic E-state index is 12.5. The minimum Gasteiger partial charge on any atom is -0.496 e. The number of aromatic nitrogens is 1. The fourth-order valence-electron chi connectivity index (χ4n) is 2.75. The second-order valence-corrected chi connectivity index (χ2v) is 5.90. The second kappa shape index (κ2) is 9.36. The topological polar surface area (TPSA) is 102 Å². The van der Waals surface area contributed by atoms with Gasteiger partial charge in [0.2, 0.25) is 5.91 Å². The molecular formula is C18H25N3O6. The number of hydrogen-bond acceptors (Lipinski definition) is 7. The molecule has 27 heavy (non-hydrogen) atoms. The lowest BCUT2D eigenvalue weighted by Crippen LogP contribution is -2.37. The smallest absolute Gasteiger partial charge is 0.356 e. The Labute approximate surface area is 157 Å². The molecule has 148 valence electrons. The first kappa shape index (κ1) is 20.7. The van der Waals surface area contributed by atoms with Crippen molar-refractivity contribution < 1.29 is 28.5 Å². The Morgan fingerprint density at radius 3 is 2.48 bits per heavy atom. The minimum absolute atomic E-state index is 0.0751. The number of methoxy groups -OCH3 is 4. The molecule has 0 spiro atoms. The van der Waals surface area contributed by atoms with Crippen LogP contribution in [0.3, 0.4) is 0 Å². The highest BCUT2D eigenvalue weighted by molar-refractivity contribution is 6.13. The fourth-order valence-corrected chi connectivity index (χ4v) is 2.75. The highest BCUT2D eigenvalue weighted by Crippen LogP contribution is 2.35. The molecule has 0 aliphatic heterocycles.